The number of nitrogens with zero attached hydrogens (tertiary/aromatic N) is 3. The molecule has 2 N–H and O–H groups in total. The number of carbonyl (C=O) groups is 2. The van der Waals surface area contributed by atoms with Gasteiger partial charge < -0.3 is 10.3 Å². The zero-order valence-corrected chi connectivity index (χ0v) is 20.2. The molecule has 180 valence electrons. The van der Waals surface area contributed by atoms with E-state index >= 15 is 0 Å². The first-order valence-electron chi connectivity index (χ1n) is 11.4. The van der Waals surface area contributed by atoms with Gasteiger partial charge in [0.25, 0.3) is 5.91 Å². The van der Waals surface area contributed by atoms with E-state index in [1.165, 1.54) is 30.4 Å². The number of ketones is 1. The molecule has 5 aromatic rings. The minimum absolute atomic E-state index is 0.0330. The second-order valence-corrected chi connectivity index (χ2v) is 9.33. The molecular formula is C27H22FN5O2S. The highest BCUT2D eigenvalue weighted by atomic mass is 32.1. The van der Waals surface area contributed by atoms with Crippen molar-refractivity contribution in [3.05, 3.63) is 89.1 Å². The third kappa shape index (κ3) is 5.06. The third-order valence-electron chi connectivity index (χ3n) is 5.66. The molecule has 1 amide bonds. The topological polar surface area (TPSA) is 101 Å². The molecule has 0 radical (unpaired) electrons. The highest BCUT2D eigenvalue weighted by Gasteiger charge is 2.17. The van der Waals surface area contributed by atoms with Gasteiger partial charge in [-0.1, -0.05) is 0 Å². The van der Waals surface area contributed by atoms with Gasteiger partial charge in [-0.2, -0.15) is 0 Å². The number of rotatable bonds is 8. The van der Waals surface area contributed by atoms with Crippen LogP contribution in [0.5, 0.6) is 0 Å². The number of hydrogen-bond acceptors (Lipinski definition) is 6. The number of aromatic amines is 1. The van der Waals surface area contributed by atoms with Crippen molar-refractivity contribution >= 4 is 34.1 Å². The number of amides is 1. The molecule has 0 fully saturated rings. The van der Waals surface area contributed by atoms with Crippen LogP contribution in [0, 0.1) is 5.82 Å². The van der Waals surface area contributed by atoms with Crippen molar-refractivity contribution < 1.29 is 14.0 Å². The zero-order chi connectivity index (χ0) is 25.1. The van der Waals surface area contributed by atoms with Crippen LogP contribution in [-0.4, -0.2) is 38.2 Å². The van der Waals surface area contributed by atoms with E-state index in [4.69, 9.17) is 9.97 Å². The van der Waals surface area contributed by atoms with Crippen LogP contribution in [0.25, 0.3) is 32.9 Å². The monoisotopic (exact) mass is 499 g/mol. The first kappa shape index (κ1) is 23.5. The number of halogens is 1. The Morgan fingerprint density at radius 3 is 2.53 bits per heavy atom. The minimum Gasteiger partial charge on any atom is -0.352 e. The molecule has 0 saturated heterocycles. The zero-order valence-electron chi connectivity index (χ0n) is 19.4. The highest BCUT2D eigenvalue weighted by molar-refractivity contribution is 7.17. The van der Waals surface area contributed by atoms with E-state index in [9.17, 15) is 14.0 Å². The number of carbonyl (C=O) groups excluding carboxylic acids is 2. The average molecular weight is 500 g/mol. The number of hydrogen-bond donors (Lipinski definition) is 2. The number of thiophene rings is 1. The van der Waals surface area contributed by atoms with Gasteiger partial charge in [-0.05, 0) is 67.9 Å². The Bertz CT molecular complexity index is 1540. The summed E-state index contributed by atoms with van der Waals surface area (Å²) in [6.45, 7) is 2.03. The number of imidazole rings is 1. The molecule has 3 heterocycles. The Morgan fingerprint density at radius 1 is 1.00 bits per heavy atom. The Kier molecular flexibility index (Phi) is 6.64. The maximum absolute atomic E-state index is 13.6. The molecular weight excluding hydrogens is 477 g/mol. The van der Waals surface area contributed by atoms with E-state index < -0.39 is 0 Å². The van der Waals surface area contributed by atoms with Gasteiger partial charge in [-0.25, -0.2) is 19.3 Å². The fourth-order valence-corrected chi connectivity index (χ4v) is 4.72. The molecule has 36 heavy (non-hydrogen) atoms. The van der Waals surface area contributed by atoms with Crippen LogP contribution >= 0.6 is 11.3 Å². The molecule has 5 rings (SSSR count). The SMILES string of the molecule is CC(=O)c1ccc(-c2nc3cc(C(=O)NCCCc4ncc[nH]4)ccc3nc2-c2ccc(F)cc2)s1. The van der Waals surface area contributed by atoms with Crippen molar-refractivity contribution in [3.63, 3.8) is 0 Å². The lowest BCUT2D eigenvalue weighted by Crippen LogP contribution is -2.24. The summed E-state index contributed by atoms with van der Waals surface area (Å²) in [6, 6.07) is 14.8. The number of H-pyrrole nitrogens is 1. The summed E-state index contributed by atoms with van der Waals surface area (Å²) in [5.41, 5.74) is 3.49. The molecule has 0 aliphatic carbocycles. The molecule has 9 heteroatoms. The van der Waals surface area contributed by atoms with Crippen LogP contribution in [0.4, 0.5) is 4.39 Å². The van der Waals surface area contributed by atoms with Crippen LogP contribution in [0.15, 0.2) is 67.0 Å². The Hall–Kier alpha value is -4.24. The number of aryl methyl sites for hydroxylation is 1. The molecule has 0 aliphatic heterocycles. The minimum atomic E-state index is -0.344. The standard InChI is InChI=1S/C27H22FN5O2S/c1-16(34)22-10-11-23(36-22)26-25(17-4-7-19(28)8-5-17)32-20-9-6-18(15-21(20)33-26)27(35)31-12-2-3-24-29-13-14-30-24/h4-11,13-15H,2-3,12H2,1H3,(H,29,30)(H,31,35). The molecule has 2 aromatic carbocycles. The van der Waals surface area contributed by atoms with Crippen molar-refractivity contribution in [3.8, 4) is 21.8 Å². The maximum atomic E-state index is 13.6. The maximum Gasteiger partial charge on any atom is 0.251 e. The van der Waals surface area contributed by atoms with Crippen molar-refractivity contribution in [2.45, 2.75) is 19.8 Å². The van der Waals surface area contributed by atoms with Crippen LogP contribution in [0.2, 0.25) is 0 Å². The molecule has 3 aromatic heterocycles. The third-order valence-corrected chi connectivity index (χ3v) is 6.85. The number of nitrogens with one attached hydrogen (secondary N) is 2. The highest BCUT2D eigenvalue weighted by Crippen LogP contribution is 2.35. The molecule has 0 bridgehead atoms. The van der Waals surface area contributed by atoms with Crippen LogP contribution < -0.4 is 5.32 Å². The molecule has 0 aliphatic rings. The first-order chi connectivity index (χ1) is 17.5. The van der Waals surface area contributed by atoms with E-state index in [1.807, 2.05) is 6.07 Å². The summed E-state index contributed by atoms with van der Waals surface area (Å²) in [5, 5.41) is 2.93. The summed E-state index contributed by atoms with van der Waals surface area (Å²) in [7, 11) is 0. The Labute approximate surface area is 210 Å². The van der Waals surface area contributed by atoms with Gasteiger partial charge in [0.05, 0.1) is 26.5 Å². The van der Waals surface area contributed by atoms with Crippen molar-refractivity contribution in [2.24, 2.45) is 0 Å². The second kappa shape index (κ2) is 10.2. The quantitative estimate of drug-likeness (QED) is 0.218. The molecule has 0 spiro atoms. The second-order valence-electron chi connectivity index (χ2n) is 8.25. The summed E-state index contributed by atoms with van der Waals surface area (Å²) >= 11 is 1.32. The van der Waals surface area contributed by atoms with Gasteiger partial charge in [0.15, 0.2) is 5.78 Å². The number of fused-ring (bicyclic) bond motifs is 1. The van der Waals surface area contributed by atoms with E-state index in [0.717, 1.165) is 23.5 Å². The molecule has 0 unspecified atom stereocenters. The van der Waals surface area contributed by atoms with Gasteiger partial charge in [0.1, 0.15) is 17.3 Å². The average Bonchev–Trinajstić information content (AvgIpc) is 3.59. The van der Waals surface area contributed by atoms with Gasteiger partial charge in [0.2, 0.25) is 0 Å². The summed E-state index contributed by atoms with van der Waals surface area (Å²) in [6.07, 6.45) is 4.98. The van der Waals surface area contributed by atoms with Crippen LogP contribution in [-0.2, 0) is 6.42 Å². The molecule has 7 nitrogen and oxygen atoms in total. The van der Waals surface area contributed by atoms with Crippen molar-refractivity contribution in [1.29, 1.82) is 0 Å². The Morgan fingerprint density at radius 2 is 1.81 bits per heavy atom. The predicted molar refractivity (Wildman–Crippen MR) is 137 cm³/mol. The first-order valence-corrected chi connectivity index (χ1v) is 12.2. The summed E-state index contributed by atoms with van der Waals surface area (Å²) < 4.78 is 13.6. The fourth-order valence-electron chi connectivity index (χ4n) is 3.83. The summed E-state index contributed by atoms with van der Waals surface area (Å²) in [4.78, 5) is 42.9. The normalized spacial score (nSPS) is 11.1. The smallest absolute Gasteiger partial charge is 0.251 e. The van der Waals surface area contributed by atoms with E-state index in [1.54, 1.807) is 48.8 Å². The van der Waals surface area contributed by atoms with Gasteiger partial charge >= 0.3 is 0 Å². The van der Waals surface area contributed by atoms with Crippen LogP contribution in [0.3, 0.4) is 0 Å². The molecule has 0 saturated carbocycles. The van der Waals surface area contributed by atoms with Crippen LogP contribution in [0.1, 0.15) is 39.2 Å². The fraction of sp³-hybridized carbons (Fsp3) is 0.148. The van der Waals surface area contributed by atoms with Gasteiger partial charge in [0, 0.05) is 36.5 Å². The Balaban J connectivity index is 1.46. The lowest BCUT2D eigenvalue weighted by Gasteiger charge is -2.10. The van der Waals surface area contributed by atoms with Crippen molar-refractivity contribution in [2.75, 3.05) is 6.54 Å². The number of aromatic nitrogens is 4. The molecule has 0 atom stereocenters. The lowest BCUT2D eigenvalue weighted by atomic mass is 10.1. The van der Waals surface area contributed by atoms with Gasteiger partial charge in [-0.15, -0.1) is 11.3 Å². The van der Waals surface area contributed by atoms with E-state index in [2.05, 4.69) is 15.3 Å². The number of benzene rings is 2. The largest absolute Gasteiger partial charge is 0.352 e. The van der Waals surface area contributed by atoms with E-state index in [0.29, 0.717) is 45.0 Å². The van der Waals surface area contributed by atoms with Gasteiger partial charge in [-0.3, -0.25) is 9.59 Å². The van der Waals surface area contributed by atoms with Crippen molar-refractivity contribution in [1.82, 2.24) is 25.3 Å². The predicted octanol–water partition coefficient (Wildman–Crippen LogP) is 5.45. The lowest BCUT2D eigenvalue weighted by molar-refractivity contribution is 0.0952. The summed E-state index contributed by atoms with van der Waals surface area (Å²) in [5.74, 6) is 0.312. The number of Topliss-reactive ketones (excluding diaryl/α,β-unsaturated/α-hetero) is 1. The van der Waals surface area contributed by atoms with E-state index in [-0.39, 0.29) is 17.5 Å².